The summed E-state index contributed by atoms with van der Waals surface area (Å²) in [6, 6.07) is 19.9. The van der Waals surface area contributed by atoms with Crippen LogP contribution in [0.5, 0.6) is 5.75 Å². The van der Waals surface area contributed by atoms with E-state index in [0.29, 0.717) is 12.6 Å². The highest BCUT2D eigenvalue weighted by molar-refractivity contribution is 5.56. The van der Waals surface area contributed by atoms with Gasteiger partial charge in [0.25, 0.3) is 0 Å². The van der Waals surface area contributed by atoms with Crippen LogP contribution in [0, 0.1) is 6.92 Å². The first-order chi connectivity index (χ1) is 12.2. The maximum absolute atomic E-state index is 5.45. The average molecular weight is 334 g/mol. The summed E-state index contributed by atoms with van der Waals surface area (Å²) in [7, 11) is 0. The molecule has 0 aliphatic carbocycles. The minimum Gasteiger partial charge on any atom is -0.494 e. The number of ether oxygens (including phenoxy) is 1. The standard InChI is InChI=1S/C20H22N4O/c1-3-25-18-11-9-17(10-12-18)23-20-22-15(2)13-19(24-20)21-14-16-7-5-4-6-8-16/h4-13H,3,14H2,1-2H3,(H2,21,22,23,24). The first-order valence-electron chi connectivity index (χ1n) is 8.36. The third-order valence-electron chi connectivity index (χ3n) is 3.59. The third kappa shape index (κ3) is 4.94. The fourth-order valence-electron chi connectivity index (χ4n) is 2.43. The molecule has 0 saturated heterocycles. The second-order valence-corrected chi connectivity index (χ2v) is 5.64. The van der Waals surface area contributed by atoms with Crippen molar-refractivity contribution in [3.63, 3.8) is 0 Å². The van der Waals surface area contributed by atoms with Crippen LogP contribution in [-0.4, -0.2) is 16.6 Å². The zero-order valence-electron chi connectivity index (χ0n) is 14.5. The van der Waals surface area contributed by atoms with Crippen LogP contribution in [0.3, 0.4) is 0 Å². The van der Waals surface area contributed by atoms with E-state index in [9.17, 15) is 0 Å². The number of aryl methyl sites for hydroxylation is 1. The first kappa shape index (κ1) is 16.8. The number of nitrogens with zero attached hydrogens (tertiary/aromatic N) is 2. The van der Waals surface area contributed by atoms with E-state index in [1.54, 1.807) is 0 Å². The molecular weight excluding hydrogens is 312 g/mol. The Kier molecular flexibility index (Phi) is 5.46. The zero-order valence-corrected chi connectivity index (χ0v) is 14.5. The van der Waals surface area contributed by atoms with E-state index >= 15 is 0 Å². The van der Waals surface area contributed by atoms with Gasteiger partial charge in [0, 0.05) is 24.0 Å². The Hall–Kier alpha value is -3.08. The highest BCUT2D eigenvalue weighted by Gasteiger charge is 2.04. The van der Waals surface area contributed by atoms with E-state index in [0.717, 1.165) is 29.5 Å². The van der Waals surface area contributed by atoms with Crippen LogP contribution >= 0.6 is 0 Å². The lowest BCUT2D eigenvalue weighted by atomic mass is 10.2. The summed E-state index contributed by atoms with van der Waals surface area (Å²) in [5, 5.41) is 6.58. The van der Waals surface area contributed by atoms with Crippen LogP contribution in [0.15, 0.2) is 60.7 Å². The van der Waals surface area contributed by atoms with Gasteiger partial charge >= 0.3 is 0 Å². The van der Waals surface area contributed by atoms with E-state index in [-0.39, 0.29) is 0 Å². The Morgan fingerprint density at radius 1 is 0.960 bits per heavy atom. The van der Waals surface area contributed by atoms with Gasteiger partial charge in [0.15, 0.2) is 0 Å². The highest BCUT2D eigenvalue weighted by atomic mass is 16.5. The van der Waals surface area contributed by atoms with Crippen molar-refractivity contribution in [2.75, 3.05) is 17.2 Å². The number of nitrogens with one attached hydrogen (secondary N) is 2. The van der Waals surface area contributed by atoms with Crippen LogP contribution in [-0.2, 0) is 6.54 Å². The normalized spacial score (nSPS) is 10.3. The predicted octanol–water partition coefficient (Wildman–Crippen LogP) is 4.54. The van der Waals surface area contributed by atoms with Gasteiger partial charge in [-0.25, -0.2) is 4.98 Å². The molecule has 2 N–H and O–H groups in total. The Labute approximate surface area is 148 Å². The van der Waals surface area contributed by atoms with Crippen molar-refractivity contribution < 1.29 is 4.74 Å². The maximum atomic E-state index is 5.45. The lowest BCUT2D eigenvalue weighted by Gasteiger charge is -2.10. The Balaban J connectivity index is 1.68. The maximum Gasteiger partial charge on any atom is 0.229 e. The summed E-state index contributed by atoms with van der Waals surface area (Å²) in [6.45, 7) is 5.31. The molecule has 0 bridgehead atoms. The van der Waals surface area contributed by atoms with Crippen LogP contribution < -0.4 is 15.4 Å². The van der Waals surface area contributed by atoms with Gasteiger partial charge in [0.1, 0.15) is 11.6 Å². The second-order valence-electron chi connectivity index (χ2n) is 5.64. The molecule has 0 spiro atoms. The molecule has 1 aromatic heterocycles. The topological polar surface area (TPSA) is 59.1 Å². The molecule has 0 amide bonds. The van der Waals surface area contributed by atoms with Gasteiger partial charge in [-0.3, -0.25) is 0 Å². The number of anilines is 3. The second kappa shape index (κ2) is 8.15. The van der Waals surface area contributed by atoms with Gasteiger partial charge in [-0.15, -0.1) is 0 Å². The van der Waals surface area contributed by atoms with Crippen LogP contribution in [0.1, 0.15) is 18.2 Å². The molecule has 0 radical (unpaired) electrons. The van der Waals surface area contributed by atoms with E-state index in [1.807, 2.05) is 62.4 Å². The molecule has 5 heteroatoms. The number of hydrogen-bond acceptors (Lipinski definition) is 5. The molecule has 0 fully saturated rings. The molecule has 0 atom stereocenters. The summed E-state index contributed by atoms with van der Waals surface area (Å²) < 4.78 is 5.45. The molecule has 3 rings (SSSR count). The van der Waals surface area contributed by atoms with E-state index in [2.05, 4.69) is 32.7 Å². The summed E-state index contributed by atoms with van der Waals surface area (Å²) in [5.74, 6) is 2.22. The summed E-state index contributed by atoms with van der Waals surface area (Å²) >= 11 is 0. The lowest BCUT2D eigenvalue weighted by Crippen LogP contribution is -2.05. The molecule has 25 heavy (non-hydrogen) atoms. The lowest BCUT2D eigenvalue weighted by molar-refractivity contribution is 0.340. The van der Waals surface area contributed by atoms with Crippen molar-refractivity contribution in [1.29, 1.82) is 0 Å². The smallest absolute Gasteiger partial charge is 0.229 e. The highest BCUT2D eigenvalue weighted by Crippen LogP contribution is 2.19. The molecule has 128 valence electrons. The van der Waals surface area contributed by atoms with Gasteiger partial charge in [-0.1, -0.05) is 30.3 Å². The van der Waals surface area contributed by atoms with Gasteiger partial charge in [-0.05, 0) is 43.7 Å². The third-order valence-corrected chi connectivity index (χ3v) is 3.59. The molecule has 2 aromatic carbocycles. The van der Waals surface area contributed by atoms with Crippen LogP contribution in [0.2, 0.25) is 0 Å². The zero-order chi connectivity index (χ0) is 17.5. The average Bonchev–Trinajstić information content (AvgIpc) is 2.62. The Bertz CT molecular complexity index is 804. The van der Waals surface area contributed by atoms with E-state index in [1.165, 1.54) is 5.56 Å². The number of rotatable bonds is 7. The largest absolute Gasteiger partial charge is 0.494 e. The van der Waals surface area contributed by atoms with E-state index < -0.39 is 0 Å². The number of aromatic nitrogens is 2. The van der Waals surface area contributed by atoms with Crippen molar-refractivity contribution in [3.8, 4) is 5.75 Å². The van der Waals surface area contributed by atoms with Gasteiger partial charge in [-0.2, -0.15) is 4.98 Å². The molecular formula is C20H22N4O. The minimum absolute atomic E-state index is 0.569. The van der Waals surface area contributed by atoms with Crippen LogP contribution in [0.25, 0.3) is 0 Å². The SMILES string of the molecule is CCOc1ccc(Nc2nc(C)cc(NCc3ccccc3)n2)cc1. The van der Waals surface area contributed by atoms with Crippen molar-refractivity contribution in [2.24, 2.45) is 0 Å². The summed E-state index contributed by atoms with van der Waals surface area (Å²) in [4.78, 5) is 8.99. The predicted molar refractivity (Wildman–Crippen MR) is 101 cm³/mol. The Morgan fingerprint density at radius 3 is 2.44 bits per heavy atom. The summed E-state index contributed by atoms with van der Waals surface area (Å²) in [5.41, 5.74) is 3.03. The Morgan fingerprint density at radius 2 is 1.72 bits per heavy atom. The van der Waals surface area contributed by atoms with Crippen molar-refractivity contribution in [1.82, 2.24) is 9.97 Å². The van der Waals surface area contributed by atoms with Crippen molar-refractivity contribution >= 4 is 17.5 Å². The van der Waals surface area contributed by atoms with Crippen molar-refractivity contribution in [2.45, 2.75) is 20.4 Å². The fraction of sp³-hybridized carbons (Fsp3) is 0.200. The first-order valence-corrected chi connectivity index (χ1v) is 8.36. The van der Waals surface area contributed by atoms with Crippen LogP contribution in [0.4, 0.5) is 17.5 Å². The monoisotopic (exact) mass is 334 g/mol. The quantitative estimate of drug-likeness (QED) is 0.664. The van der Waals surface area contributed by atoms with Crippen molar-refractivity contribution in [3.05, 3.63) is 71.9 Å². The molecule has 1 heterocycles. The molecule has 0 unspecified atom stereocenters. The molecule has 0 aliphatic heterocycles. The minimum atomic E-state index is 0.569. The van der Waals surface area contributed by atoms with E-state index in [4.69, 9.17) is 4.74 Å². The molecule has 5 nitrogen and oxygen atoms in total. The molecule has 3 aromatic rings. The van der Waals surface area contributed by atoms with Gasteiger partial charge in [0.2, 0.25) is 5.95 Å². The molecule has 0 aliphatic rings. The number of benzene rings is 2. The molecule has 0 saturated carbocycles. The fourth-order valence-corrected chi connectivity index (χ4v) is 2.43. The van der Waals surface area contributed by atoms with Gasteiger partial charge in [0.05, 0.1) is 6.61 Å². The number of hydrogen-bond donors (Lipinski definition) is 2. The van der Waals surface area contributed by atoms with Gasteiger partial charge < -0.3 is 15.4 Å². The summed E-state index contributed by atoms with van der Waals surface area (Å²) in [6.07, 6.45) is 0.